The third-order valence-corrected chi connectivity index (χ3v) is 7.77. The fraction of sp³-hybridized carbons (Fsp3) is 0.640. The predicted molar refractivity (Wildman–Crippen MR) is 130 cm³/mol. The number of Topliss-reactive ketones (excluding diaryl/α,β-unsaturated/α-hetero) is 1. The Balaban J connectivity index is 1.48. The minimum atomic E-state index is -0.806. The van der Waals surface area contributed by atoms with E-state index in [0.29, 0.717) is 17.9 Å². The number of rotatable bonds is 7. The SMILES string of the molecule is CC[C@H](C)[C@H](NC(=O)c1ccc(C2CCN(C)CC2)cc1)C(=O)N1C[C@H](N=[N+]=[N-])[C@H]2OCC(=O)[C@H]21. The summed E-state index contributed by atoms with van der Waals surface area (Å²) in [5, 5.41) is 6.65. The van der Waals surface area contributed by atoms with E-state index >= 15 is 0 Å². The van der Waals surface area contributed by atoms with E-state index < -0.39 is 24.2 Å². The smallest absolute Gasteiger partial charge is 0.251 e. The van der Waals surface area contributed by atoms with E-state index in [-0.39, 0.29) is 36.7 Å². The van der Waals surface area contributed by atoms with Crippen LogP contribution < -0.4 is 5.32 Å². The average Bonchev–Trinajstić information content (AvgIpc) is 3.43. The Kier molecular flexibility index (Phi) is 7.74. The molecule has 0 bridgehead atoms. The summed E-state index contributed by atoms with van der Waals surface area (Å²) in [4.78, 5) is 45.8. The Bertz CT molecular complexity index is 1000. The van der Waals surface area contributed by atoms with Crippen LogP contribution in [0.3, 0.4) is 0 Å². The van der Waals surface area contributed by atoms with Gasteiger partial charge in [-0.05, 0) is 68.0 Å². The molecule has 0 radical (unpaired) electrons. The highest BCUT2D eigenvalue weighted by atomic mass is 16.5. The summed E-state index contributed by atoms with van der Waals surface area (Å²) in [5.74, 6) is -0.539. The molecule has 0 spiro atoms. The second kappa shape index (κ2) is 10.8. The molecule has 0 unspecified atom stereocenters. The second-order valence-electron chi connectivity index (χ2n) is 9.99. The Hall–Kier alpha value is -2.94. The van der Waals surface area contributed by atoms with Crippen molar-refractivity contribution < 1.29 is 19.1 Å². The van der Waals surface area contributed by atoms with E-state index in [1.54, 1.807) is 0 Å². The van der Waals surface area contributed by atoms with Crippen LogP contribution in [-0.4, -0.2) is 84.9 Å². The molecule has 10 heteroatoms. The first-order valence-corrected chi connectivity index (χ1v) is 12.4. The molecular formula is C25H34N6O4. The number of hydrogen-bond donors (Lipinski definition) is 1. The van der Waals surface area contributed by atoms with Gasteiger partial charge in [-0.1, -0.05) is 37.5 Å². The van der Waals surface area contributed by atoms with E-state index in [1.807, 2.05) is 38.1 Å². The van der Waals surface area contributed by atoms with Crippen LogP contribution >= 0.6 is 0 Å². The zero-order chi connectivity index (χ0) is 25.1. The predicted octanol–water partition coefficient (Wildman–Crippen LogP) is 2.50. The number of likely N-dealkylation sites (tertiary alicyclic amines) is 2. The number of benzene rings is 1. The van der Waals surface area contributed by atoms with Crippen LogP contribution in [0.5, 0.6) is 0 Å². The number of amides is 2. The van der Waals surface area contributed by atoms with Gasteiger partial charge in [0, 0.05) is 17.0 Å². The lowest BCUT2D eigenvalue weighted by molar-refractivity contribution is -0.139. The van der Waals surface area contributed by atoms with Gasteiger partial charge in [-0.15, -0.1) is 0 Å². The van der Waals surface area contributed by atoms with Crippen molar-refractivity contribution in [1.82, 2.24) is 15.1 Å². The van der Waals surface area contributed by atoms with Gasteiger partial charge >= 0.3 is 0 Å². The summed E-state index contributed by atoms with van der Waals surface area (Å²) < 4.78 is 5.52. The molecule has 188 valence electrons. The zero-order valence-electron chi connectivity index (χ0n) is 20.6. The first-order valence-electron chi connectivity index (χ1n) is 12.4. The van der Waals surface area contributed by atoms with Gasteiger partial charge in [0.1, 0.15) is 18.7 Å². The molecule has 3 heterocycles. The van der Waals surface area contributed by atoms with Gasteiger partial charge in [0.2, 0.25) is 5.91 Å². The number of fused-ring (bicyclic) bond motifs is 1. The monoisotopic (exact) mass is 482 g/mol. The van der Waals surface area contributed by atoms with Crippen molar-refractivity contribution in [2.75, 3.05) is 33.3 Å². The number of nitrogens with one attached hydrogen (secondary N) is 1. The highest BCUT2D eigenvalue weighted by molar-refractivity contribution is 5.99. The van der Waals surface area contributed by atoms with Crippen molar-refractivity contribution in [3.05, 3.63) is 45.8 Å². The summed E-state index contributed by atoms with van der Waals surface area (Å²) in [5.41, 5.74) is 10.6. The zero-order valence-corrected chi connectivity index (χ0v) is 20.6. The Morgan fingerprint density at radius 1 is 1.26 bits per heavy atom. The molecule has 3 aliphatic heterocycles. The van der Waals surface area contributed by atoms with Crippen LogP contribution in [0.25, 0.3) is 10.4 Å². The van der Waals surface area contributed by atoms with Gasteiger partial charge in [-0.2, -0.15) is 0 Å². The molecule has 2 amide bonds. The van der Waals surface area contributed by atoms with Gasteiger partial charge in [0.05, 0.1) is 12.1 Å². The van der Waals surface area contributed by atoms with Gasteiger partial charge < -0.3 is 19.9 Å². The van der Waals surface area contributed by atoms with Crippen LogP contribution in [0.15, 0.2) is 29.4 Å². The van der Waals surface area contributed by atoms with Crippen molar-refractivity contribution in [3.8, 4) is 0 Å². The third kappa shape index (κ3) is 5.19. The number of carbonyl (C=O) groups is 3. The Morgan fingerprint density at radius 2 is 1.94 bits per heavy atom. The molecule has 4 rings (SSSR count). The maximum absolute atomic E-state index is 13.6. The minimum Gasteiger partial charge on any atom is -0.367 e. The Morgan fingerprint density at radius 3 is 2.57 bits per heavy atom. The lowest BCUT2D eigenvalue weighted by atomic mass is 9.89. The number of ketones is 1. The number of piperidine rings is 1. The standard InChI is InChI=1S/C25H34N6O4/c1-4-15(2)21(25(34)31-13-19(28-29-26)23-22(31)20(32)14-35-23)27-24(33)18-7-5-16(6-8-18)17-9-11-30(3)12-10-17/h5-8,15,17,19,21-23H,4,9-14H2,1-3H3,(H,27,33)/t15-,19-,21-,22+,23+/m0/s1. The van der Waals surface area contributed by atoms with Gasteiger partial charge in [0.15, 0.2) is 5.78 Å². The quantitative estimate of drug-likeness (QED) is 0.363. The van der Waals surface area contributed by atoms with Gasteiger partial charge in [0.25, 0.3) is 5.91 Å². The van der Waals surface area contributed by atoms with Crippen LogP contribution in [0, 0.1) is 5.92 Å². The van der Waals surface area contributed by atoms with Crippen molar-refractivity contribution >= 4 is 17.6 Å². The lowest BCUT2D eigenvalue weighted by Crippen LogP contribution is -2.54. The molecule has 1 aromatic rings. The molecule has 35 heavy (non-hydrogen) atoms. The van der Waals surface area contributed by atoms with Crippen LogP contribution in [0.4, 0.5) is 0 Å². The maximum atomic E-state index is 13.6. The molecule has 3 fully saturated rings. The van der Waals surface area contributed by atoms with Crippen LogP contribution in [-0.2, 0) is 14.3 Å². The topological polar surface area (TPSA) is 128 Å². The third-order valence-electron chi connectivity index (χ3n) is 7.77. The fourth-order valence-electron chi connectivity index (χ4n) is 5.36. The fourth-order valence-corrected chi connectivity index (χ4v) is 5.36. The molecule has 1 aromatic carbocycles. The van der Waals surface area contributed by atoms with E-state index in [9.17, 15) is 14.4 Å². The van der Waals surface area contributed by atoms with E-state index in [4.69, 9.17) is 10.3 Å². The normalized spacial score (nSPS) is 26.7. The number of carbonyl (C=O) groups excluding carboxylic acids is 3. The molecule has 3 saturated heterocycles. The number of nitrogens with zero attached hydrogens (tertiary/aromatic N) is 5. The molecule has 3 aliphatic rings. The van der Waals surface area contributed by atoms with Gasteiger partial charge in [-0.3, -0.25) is 14.4 Å². The van der Waals surface area contributed by atoms with E-state index in [1.165, 1.54) is 10.5 Å². The second-order valence-corrected chi connectivity index (χ2v) is 9.99. The summed E-state index contributed by atoms with van der Waals surface area (Å²) in [6, 6.07) is 5.44. The summed E-state index contributed by atoms with van der Waals surface area (Å²) in [7, 11) is 2.13. The van der Waals surface area contributed by atoms with Crippen molar-refractivity contribution in [2.45, 2.75) is 63.3 Å². The molecule has 10 nitrogen and oxygen atoms in total. The maximum Gasteiger partial charge on any atom is 0.251 e. The molecule has 0 aliphatic carbocycles. The van der Waals surface area contributed by atoms with E-state index in [2.05, 4.69) is 27.3 Å². The lowest BCUT2D eigenvalue weighted by Gasteiger charge is -2.30. The van der Waals surface area contributed by atoms with Crippen LogP contribution in [0.2, 0.25) is 0 Å². The largest absolute Gasteiger partial charge is 0.367 e. The molecule has 1 N–H and O–H groups in total. The minimum absolute atomic E-state index is 0.0953. The number of hydrogen-bond acceptors (Lipinski definition) is 6. The van der Waals surface area contributed by atoms with Crippen molar-refractivity contribution in [1.29, 1.82) is 0 Å². The van der Waals surface area contributed by atoms with Crippen molar-refractivity contribution in [2.24, 2.45) is 11.0 Å². The molecular weight excluding hydrogens is 448 g/mol. The highest BCUT2D eigenvalue weighted by Gasteiger charge is 2.53. The van der Waals surface area contributed by atoms with E-state index in [0.717, 1.165) is 25.9 Å². The summed E-state index contributed by atoms with van der Waals surface area (Å²) in [6.45, 7) is 5.97. The van der Waals surface area contributed by atoms with Crippen LogP contribution in [0.1, 0.15) is 54.9 Å². The number of azide groups is 1. The average molecular weight is 483 g/mol. The summed E-state index contributed by atoms with van der Waals surface area (Å²) in [6.07, 6.45) is 2.23. The molecule has 0 aromatic heterocycles. The van der Waals surface area contributed by atoms with Crippen molar-refractivity contribution in [3.63, 3.8) is 0 Å². The first kappa shape index (κ1) is 25.2. The van der Waals surface area contributed by atoms with Gasteiger partial charge in [-0.25, -0.2) is 0 Å². The highest BCUT2D eigenvalue weighted by Crippen LogP contribution is 2.31. The number of ether oxygens (including phenoxy) is 1. The summed E-state index contributed by atoms with van der Waals surface area (Å²) >= 11 is 0. The molecule has 5 atom stereocenters. The molecule has 0 saturated carbocycles. The Labute approximate surface area is 205 Å². The first-order chi connectivity index (χ1) is 16.8.